The van der Waals surface area contributed by atoms with Gasteiger partial charge in [0, 0.05) is 11.6 Å². The maximum absolute atomic E-state index is 13.0. The number of benzene rings is 2. The predicted molar refractivity (Wildman–Crippen MR) is 118 cm³/mol. The second-order valence-electron chi connectivity index (χ2n) is 8.90. The molecule has 1 spiro atoms. The predicted octanol–water partition coefficient (Wildman–Crippen LogP) is 4.91. The highest BCUT2D eigenvalue weighted by molar-refractivity contribution is 6.30. The van der Waals surface area contributed by atoms with E-state index in [1.807, 2.05) is 35.2 Å². The van der Waals surface area contributed by atoms with Gasteiger partial charge in [-0.1, -0.05) is 67.9 Å². The van der Waals surface area contributed by atoms with Crippen LogP contribution in [0.2, 0.25) is 5.02 Å². The SMILES string of the molecule is CC(C)[C@@H]1C[C@@]2(CO[C@H]1c1ccccc1)CN(C(=O)Cc1ccc(Cl)cc1)CCO2. The fraction of sp³-hybridized carbons (Fsp3) is 0.480. The van der Waals surface area contributed by atoms with Crippen molar-refractivity contribution >= 4 is 17.5 Å². The van der Waals surface area contributed by atoms with Gasteiger partial charge in [0.15, 0.2) is 0 Å². The number of halogens is 1. The van der Waals surface area contributed by atoms with E-state index in [1.54, 1.807) is 0 Å². The highest BCUT2D eigenvalue weighted by Crippen LogP contribution is 2.44. The van der Waals surface area contributed by atoms with Crippen LogP contribution in [0.25, 0.3) is 0 Å². The number of rotatable bonds is 4. The summed E-state index contributed by atoms with van der Waals surface area (Å²) >= 11 is 5.96. The zero-order valence-electron chi connectivity index (χ0n) is 17.7. The fourth-order valence-electron chi connectivity index (χ4n) is 4.69. The third kappa shape index (κ3) is 4.72. The molecule has 0 saturated carbocycles. The van der Waals surface area contributed by atoms with Crippen LogP contribution in [0.1, 0.15) is 37.5 Å². The van der Waals surface area contributed by atoms with Crippen LogP contribution in [0.5, 0.6) is 0 Å². The number of hydrogen-bond acceptors (Lipinski definition) is 3. The minimum Gasteiger partial charge on any atom is -0.370 e. The molecule has 2 heterocycles. The van der Waals surface area contributed by atoms with Crippen molar-refractivity contribution in [1.29, 1.82) is 0 Å². The third-order valence-corrected chi connectivity index (χ3v) is 6.63. The van der Waals surface area contributed by atoms with Gasteiger partial charge in [-0.2, -0.15) is 0 Å². The van der Waals surface area contributed by atoms with E-state index >= 15 is 0 Å². The zero-order chi connectivity index (χ0) is 21.1. The van der Waals surface area contributed by atoms with Gasteiger partial charge >= 0.3 is 0 Å². The Bertz CT molecular complexity index is 854. The van der Waals surface area contributed by atoms with Gasteiger partial charge in [-0.05, 0) is 41.5 Å². The van der Waals surface area contributed by atoms with E-state index in [1.165, 1.54) is 5.56 Å². The Morgan fingerprint density at radius 1 is 1.17 bits per heavy atom. The Balaban J connectivity index is 1.46. The van der Waals surface area contributed by atoms with Crippen LogP contribution in [-0.2, 0) is 20.7 Å². The smallest absolute Gasteiger partial charge is 0.227 e. The molecule has 0 bridgehead atoms. The average molecular weight is 428 g/mol. The summed E-state index contributed by atoms with van der Waals surface area (Å²) in [7, 11) is 0. The van der Waals surface area contributed by atoms with Gasteiger partial charge < -0.3 is 14.4 Å². The highest BCUT2D eigenvalue weighted by Gasteiger charge is 2.47. The standard InChI is InChI=1S/C25H30ClNO3/c1-18(2)22-15-25(17-29-24(22)20-6-4-3-5-7-20)16-27(12-13-30-25)23(28)14-19-8-10-21(26)11-9-19/h3-11,18,22,24H,12-17H2,1-2H3/t22-,24-,25-/m0/s1. The van der Waals surface area contributed by atoms with Gasteiger partial charge in [0.05, 0.1) is 32.3 Å². The van der Waals surface area contributed by atoms with E-state index in [0.717, 1.165) is 12.0 Å². The fourth-order valence-corrected chi connectivity index (χ4v) is 4.82. The molecule has 2 aliphatic rings. The lowest BCUT2D eigenvalue weighted by molar-refractivity contribution is -0.210. The summed E-state index contributed by atoms with van der Waals surface area (Å²) in [6, 6.07) is 17.9. The molecule has 3 atom stereocenters. The monoisotopic (exact) mass is 427 g/mol. The van der Waals surface area contributed by atoms with Crippen LogP contribution >= 0.6 is 11.6 Å². The number of carbonyl (C=O) groups is 1. The van der Waals surface area contributed by atoms with Crippen molar-refractivity contribution in [1.82, 2.24) is 4.90 Å². The van der Waals surface area contributed by atoms with Crippen molar-refractivity contribution in [3.05, 3.63) is 70.7 Å². The van der Waals surface area contributed by atoms with Crippen LogP contribution in [0.4, 0.5) is 0 Å². The molecule has 1 amide bonds. The first kappa shape index (κ1) is 21.4. The molecular formula is C25H30ClNO3. The lowest BCUT2D eigenvalue weighted by Gasteiger charge is -2.50. The Hall–Kier alpha value is -1.88. The third-order valence-electron chi connectivity index (χ3n) is 6.38. The topological polar surface area (TPSA) is 38.8 Å². The molecule has 4 rings (SSSR count). The molecule has 5 heteroatoms. The van der Waals surface area contributed by atoms with Crippen LogP contribution in [0, 0.1) is 11.8 Å². The number of nitrogens with zero attached hydrogens (tertiary/aromatic N) is 1. The Labute approximate surface area is 184 Å². The summed E-state index contributed by atoms with van der Waals surface area (Å²) in [6.45, 7) is 6.77. The minimum absolute atomic E-state index is 0.0700. The van der Waals surface area contributed by atoms with E-state index in [9.17, 15) is 4.79 Å². The molecule has 2 aromatic rings. The van der Waals surface area contributed by atoms with Gasteiger partial charge in [-0.25, -0.2) is 0 Å². The molecular weight excluding hydrogens is 398 g/mol. The number of hydrogen-bond donors (Lipinski definition) is 0. The van der Waals surface area contributed by atoms with Crippen LogP contribution in [0.3, 0.4) is 0 Å². The minimum atomic E-state index is -0.422. The molecule has 0 radical (unpaired) electrons. The molecule has 2 aromatic carbocycles. The normalized spacial score (nSPS) is 26.9. The zero-order valence-corrected chi connectivity index (χ0v) is 18.5. The maximum atomic E-state index is 13.0. The largest absolute Gasteiger partial charge is 0.370 e. The first-order valence-electron chi connectivity index (χ1n) is 10.8. The van der Waals surface area contributed by atoms with Crippen molar-refractivity contribution in [2.75, 3.05) is 26.3 Å². The number of morpholine rings is 1. The van der Waals surface area contributed by atoms with E-state index in [0.29, 0.717) is 49.6 Å². The molecule has 4 nitrogen and oxygen atoms in total. The maximum Gasteiger partial charge on any atom is 0.227 e. The van der Waals surface area contributed by atoms with Crippen LogP contribution < -0.4 is 0 Å². The summed E-state index contributed by atoms with van der Waals surface area (Å²) in [4.78, 5) is 14.9. The molecule has 2 aliphatic heterocycles. The van der Waals surface area contributed by atoms with Crippen molar-refractivity contribution in [2.45, 2.75) is 38.4 Å². The molecule has 30 heavy (non-hydrogen) atoms. The molecule has 160 valence electrons. The summed E-state index contributed by atoms with van der Waals surface area (Å²) in [5, 5.41) is 0.684. The first-order chi connectivity index (χ1) is 14.5. The lowest BCUT2D eigenvalue weighted by atomic mass is 9.75. The van der Waals surface area contributed by atoms with E-state index < -0.39 is 5.60 Å². The van der Waals surface area contributed by atoms with E-state index in [-0.39, 0.29) is 12.0 Å². The summed E-state index contributed by atoms with van der Waals surface area (Å²) in [5.74, 6) is 0.926. The Morgan fingerprint density at radius 3 is 2.60 bits per heavy atom. The Morgan fingerprint density at radius 2 is 1.90 bits per heavy atom. The van der Waals surface area contributed by atoms with Gasteiger partial charge in [0.25, 0.3) is 0 Å². The summed E-state index contributed by atoms with van der Waals surface area (Å²) in [6.07, 6.45) is 1.35. The van der Waals surface area contributed by atoms with Crippen LogP contribution in [0.15, 0.2) is 54.6 Å². The van der Waals surface area contributed by atoms with Crippen LogP contribution in [-0.4, -0.2) is 42.7 Å². The second-order valence-corrected chi connectivity index (χ2v) is 9.34. The molecule has 0 aliphatic carbocycles. The first-order valence-corrected chi connectivity index (χ1v) is 11.2. The highest BCUT2D eigenvalue weighted by atomic mass is 35.5. The van der Waals surface area contributed by atoms with Crippen molar-refractivity contribution in [3.8, 4) is 0 Å². The molecule has 0 aromatic heterocycles. The Kier molecular flexibility index (Phi) is 6.47. The number of carbonyl (C=O) groups excluding carboxylic acids is 1. The van der Waals surface area contributed by atoms with E-state index in [4.69, 9.17) is 21.1 Å². The van der Waals surface area contributed by atoms with Crippen molar-refractivity contribution in [3.63, 3.8) is 0 Å². The van der Waals surface area contributed by atoms with Gasteiger partial charge in [-0.3, -0.25) is 4.79 Å². The average Bonchev–Trinajstić information content (AvgIpc) is 2.76. The number of amides is 1. The molecule has 2 saturated heterocycles. The van der Waals surface area contributed by atoms with E-state index in [2.05, 4.69) is 38.1 Å². The second kappa shape index (κ2) is 9.09. The van der Waals surface area contributed by atoms with Crippen molar-refractivity contribution < 1.29 is 14.3 Å². The lowest BCUT2D eigenvalue weighted by Crippen LogP contribution is -2.59. The number of ether oxygens (including phenoxy) is 2. The quantitative estimate of drug-likeness (QED) is 0.695. The van der Waals surface area contributed by atoms with Crippen molar-refractivity contribution in [2.24, 2.45) is 11.8 Å². The molecule has 0 N–H and O–H groups in total. The van der Waals surface area contributed by atoms with Gasteiger partial charge in [-0.15, -0.1) is 0 Å². The summed E-state index contributed by atoms with van der Waals surface area (Å²) < 4.78 is 12.7. The molecule has 0 unspecified atom stereocenters. The van der Waals surface area contributed by atoms with Gasteiger partial charge in [0.1, 0.15) is 5.60 Å². The summed E-state index contributed by atoms with van der Waals surface area (Å²) in [5.41, 5.74) is 1.78. The van der Waals surface area contributed by atoms with Gasteiger partial charge in [0.2, 0.25) is 5.91 Å². The molecule has 2 fully saturated rings.